The van der Waals surface area contributed by atoms with Gasteiger partial charge in [0.05, 0.1) is 0 Å². The Bertz CT molecular complexity index is 27.0. The average molecular weight is 341 g/mol. The molecule has 0 saturated heterocycles. The Morgan fingerprint density at radius 1 is 0.348 bits per heavy atom. The SMILES string of the molecule is CC.CC.CC.CC.CC.CC.CC.CC.CC.CC1CCC1. The van der Waals surface area contributed by atoms with E-state index in [-0.39, 0.29) is 0 Å². The van der Waals surface area contributed by atoms with E-state index in [0.29, 0.717) is 0 Å². The third kappa shape index (κ3) is 244. The molecule has 0 aromatic heterocycles. The van der Waals surface area contributed by atoms with Crippen molar-refractivity contribution in [2.75, 3.05) is 0 Å². The molecule has 0 N–H and O–H groups in total. The minimum absolute atomic E-state index is 1.06. The van der Waals surface area contributed by atoms with Crippen molar-refractivity contribution in [3.05, 3.63) is 0 Å². The Morgan fingerprint density at radius 2 is 0.435 bits per heavy atom. The molecule has 0 heteroatoms. The summed E-state index contributed by atoms with van der Waals surface area (Å²) in [5.74, 6) is 1.06. The van der Waals surface area contributed by atoms with Gasteiger partial charge in [0.1, 0.15) is 0 Å². The summed E-state index contributed by atoms with van der Waals surface area (Å²) in [5.41, 5.74) is 0. The zero-order valence-electron chi connectivity index (χ0n) is 21.7. The Hall–Kier alpha value is 0. The highest BCUT2D eigenvalue weighted by atomic mass is 14.1. The van der Waals surface area contributed by atoms with Crippen molar-refractivity contribution >= 4 is 0 Å². The first-order valence-corrected chi connectivity index (χ1v) is 11.4. The van der Waals surface area contributed by atoms with E-state index in [0.717, 1.165) is 5.92 Å². The van der Waals surface area contributed by atoms with Gasteiger partial charge in [0.25, 0.3) is 0 Å². The lowest BCUT2D eigenvalue weighted by Gasteiger charge is -2.18. The predicted molar refractivity (Wildman–Crippen MR) is 125 cm³/mol. The number of hydrogen-bond donors (Lipinski definition) is 0. The van der Waals surface area contributed by atoms with E-state index in [4.69, 9.17) is 0 Å². The van der Waals surface area contributed by atoms with Crippen molar-refractivity contribution in [3.8, 4) is 0 Å². The first-order valence-electron chi connectivity index (χ1n) is 11.4. The summed E-state index contributed by atoms with van der Waals surface area (Å²) in [7, 11) is 0. The Labute approximate surface area is 157 Å². The normalized spacial score (nSPS) is 7.96. The van der Waals surface area contributed by atoms with Crippen LogP contribution in [0.15, 0.2) is 0 Å². The first kappa shape index (κ1) is 56.8. The third-order valence-corrected chi connectivity index (χ3v) is 1.39. The lowest BCUT2D eigenvalue weighted by Crippen LogP contribution is -2.04. The largest absolute Gasteiger partial charge is 0.0683 e. The van der Waals surface area contributed by atoms with E-state index in [1.165, 1.54) is 19.3 Å². The maximum atomic E-state index is 2.31. The second-order valence-electron chi connectivity index (χ2n) is 2.04. The highest BCUT2D eigenvalue weighted by Crippen LogP contribution is 2.24. The van der Waals surface area contributed by atoms with Crippen LogP contribution in [0.5, 0.6) is 0 Å². The van der Waals surface area contributed by atoms with Crippen LogP contribution in [0.3, 0.4) is 0 Å². The smallest absolute Gasteiger partial charge is 0.0443 e. The molecule has 1 saturated carbocycles. The van der Waals surface area contributed by atoms with Gasteiger partial charge >= 0.3 is 0 Å². The summed E-state index contributed by atoms with van der Waals surface area (Å²) >= 11 is 0. The maximum Gasteiger partial charge on any atom is -0.0443 e. The fraction of sp³-hybridized carbons (Fsp3) is 1.00. The van der Waals surface area contributed by atoms with Crippen LogP contribution in [-0.4, -0.2) is 0 Å². The molecule has 0 spiro atoms. The molecule has 0 unspecified atom stereocenters. The Balaban J connectivity index is -0.0000000141. The molecule has 0 atom stereocenters. The second kappa shape index (κ2) is 270. The van der Waals surface area contributed by atoms with Gasteiger partial charge < -0.3 is 0 Å². The van der Waals surface area contributed by atoms with Crippen molar-refractivity contribution < 1.29 is 0 Å². The summed E-state index contributed by atoms with van der Waals surface area (Å²) in [6.45, 7) is 38.3. The van der Waals surface area contributed by atoms with Gasteiger partial charge in [-0.05, 0) is 5.92 Å². The summed E-state index contributed by atoms with van der Waals surface area (Å²) in [6.07, 6.45) is 4.46. The maximum absolute atomic E-state index is 2.31. The summed E-state index contributed by atoms with van der Waals surface area (Å²) in [6, 6.07) is 0. The van der Waals surface area contributed by atoms with Crippen LogP contribution in [0.1, 0.15) is 151 Å². The minimum atomic E-state index is 1.06. The van der Waals surface area contributed by atoms with Crippen molar-refractivity contribution in [2.45, 2.75) is 151 Å². The van der Waals surface area contributed by atoms with Crippen molar-refractivity contribution in [1.29, 1.82) is 0 Å². The van der Waals surface area contributed by atoms with E-state index in [2.05, 4.69) is 6.92 Å². The predicted octanol–water partition coefficient (Wildman–Crippen LogP) is 11.0. The second-order valence-corrected chi connectivity index (χ2v) is 2.04. The zero-order chi connectivity index (χ0) is 21.7. The molecule has 0 bridgehead atoms. The van der Waals surface area contributed by atoms with Gasteiger partial charge in [-0.1, -0.05) is 151 Å². The van der Waals surface area contributed by atoms with Gasteiger partial charge in [-0.25, -0.2) is 0 Å². The van der Waals surface area contributed by atoms with E-state index >= 15 is 0 Å². The van der Waals surface area contributed by atoms with E-state index in [9.17, 15) is 0 Å². The molecule has 0 aromatic carbocycles. The average Bonchev–Trinajstić information content (AvgIpc) is 2.74. The fourth-order valence-corrected chi connectivity index (χ4v) is 0.612. The van der Waals surface area contributed by atoms with Gasteiger partial charge in [0.2, 0.25) is 0 Å². The van der Waals surface area contributed by atoms with E-state index in [1.54, 1.807) is 0 Å². The molecule has 1 aliphatic rings. The monoisotopic (exact) mass is 341 g/mol. The fourth-order valence-electron chi connectivity index (χ4n) is 0.612. The molecule has 1 rings (SSSR count). The van der Waals surface area contributed by atoms with Crippen molar-refractivity contribution in [2.24, 2.45) is 5.92 Å². The highest BCUT2D eigenvalue weighted by molar-refractivity contribution is 4.62. The summed E-state index contributed by atoms with van der Waals surface area (Å²) < 4.78 is 0. The minimum Gasteiger partial charge on any atom is -0.0683 e. The van der Waals surface area contributed by atoms with Crippen LogP contribution in [0.4, 0.5) is 0 Å². The standard InChI is InChI=1S/C5H10.9C2H6/c1-5-3-2-4-5;9*1-2/h5H,2-4H2,1H3;9*1-2H3. The molecule has 0 aliphatic heterocycles. The lowest BCUT2D eigenvalue weighted by molar-refractivity contribution is 0.346. The zero-order valence-corrected chi connectivity index (χ0v) is 21.7. The van der Waals surface area contributed by atoms with Crippen molar-refractivity contribution in [1.82, 2.24) is 0 Å². The van der Waals surface area contributed by atoms with E-state index < -0.39 is 0 Å². The van der Waals surface area contributed by atoms with Crippen LogP contribution in [0.2, 0.25) is 0 Å². The van der Waals surface area contributed by atoms with Gasteiger partial charge in [0.15, 0.2) is 0 Å². The molecule has 0 heterocycles. The molecule has 0 nitrogen and oxygen atoms in total. The third-order valence-electron chi connectivity index (χ3n) is 1.39. The van der Waals surface area contributed by atoms with Gasteiger partial charge in [-0.15, -0.1) is 0 Å². The van der Waals surface area contributed by atoms with E-state index in [1.807, 2.05) is 125 Å². The topological polar surface area (TPSA) is 0 Å². The molecule has 1 fully saturated rings. The van der Waals surface area contributed by atoms with Gasteiger partial charge in [0, 0.05) is 0 Å². The van der Waals surface area contributed by atoms with Gasteiger partial charge in [-0.3, -0.25) is 0 Å². The van der Waals surface area contributed by atoms with Crippen LogP contribution < -0.4 is 0 Å². The molecule has 0 amide bonds. The molecule has 1 aliphatic carbocycles. The summed E-state index contributed by atoms with van der Waals surface area (Å²) in [4.78, 5) is 0. The molecule has 156 valence electrons. The van der Waals surface area contributed by atoms with Crippen LogP contribution >= 0.6 is 0 Å². The van der Waals surface area contributed by atoms with Gasteiger partial charge in [-0.2, -0.15) is 0 Å². The molecular weight excluding hydrogens is 276 g/mol. The van der Waals surface area contributed by atoms with Crippen LogP contribution in [-0.2, 0) is 0 Å². The number of rotatable bonds is 0. The van der Waals surface area contributed by atoms with Crippen LogP contribution in [0, 0.1) is 5.92 Å². The van der Waals surface area contributed by atoms with Crippen LogP contribution in [0.25, 0.3) is 0 Å². The molecular formula is C23H64. The molecule has 0 aromatic rings. The summed E-state index contributed by atoms with van der Waals surface area (Å²) in [5, 5.41) is 0. The Morgan fingerprint density at radius 3 is 0.435 bits per heavy atom. The number of hydrogen-bond acceptors (Lipinski definition) is 0. The highest BCUT2D eigenvalue weighted by Gasteiger charge is 2.09. The quantitative estimate of drug-likeness (QED) is 0.411. The van der Waals surface area contributed by atoms with Crippen molar-refractivity contribution in [3.63, 3.8) is 0 Å². The molecule has 23 heavy (non-hydrogen) atoms. The Kier molecular flexibility index (Phi) is 666. The lowest BCUT2D eigenvalue weighted by atomic mass is 9.88. The first-order chi connectivity index (χ1) is 11.4. The molecule has 0 radical (unpaired) electrons.